The molecule has 1 aliphatic rings. The van der Waals surface area contributed by atoms with E-state index in [2.05, 4.69) is 9.69 Å². The summed E-state index contributed by atoms with van der Waals surface area (Å²) in [5.41, 5.74) is 1.21. The molecule has 0 radical (unpaired) electrons. The van der Waals surface area contributed by atoms with Gasteiger partial charge in [0.15, 0.2) is 0 Å². The van der Waals surface area contributed by atoms with E-state index in [0.29, 0.717) is 6.42 Å². The van der Waals surface area contributed by atoms with Gasteiger partial charge in [-0.05, 0) is 17.2 Å². The Morgan fingerprint density at radius 1 is 1.06 bits per heavy atom. The van der Waals surface area contributed by atoms with E-state index in [1.165, 1.54) is 0 Å². The van der Waals surface area contributed by atoms with Crippen molar-refractivity contribution in [1.82, 2.24) is 0 Å². The van der Waals surface area contributed by atoms with Gasteiger partial charge in [0.05, 0.1) is 6.08 Å². The van der Waals surface area contributed by atoms with Gasteiger partial charge in [-0.1, -0.05) is 36.4 Å². The normalized spacial score (nSPS) is 17.0. The molecule has 0 aliphatic heterocycles. The van der Waals surface area contributed by atoms with Gasteiger partial charge in [0, 0.05) is 0 Å². The Labute approximate surface area is 95.2 Å². The highest BCUT2D eigenvalue weighted by atomic mass is 15.0. The van der Waals surface area contributed by atoms with Crippen LogP contribution in [0.4, 0.5) is 0 Å². The van der Waals surface area contributed by atoms with E-state index in [9.17, 15) is 0 Å². The average Bonchev–Trinajstić information content (AvgIpc) is 2.40. The molecule has 0 N–H and O–H groups in total. The molecule has 2 rings (SSSR count). The van der Waals surface area contributed by atoms with E-state index in [1.54, 1.807) is 6.08 Å². The molecule has 0 fully saturated rings. The van der Waals surface area contributed by atoms with Crippen molar-refractivity contribution in [3.63, 3.8) is 0 Å². The quantitative estimate of drug-likeness (QED) is 0.621. The first kappa shape index (κ1) is 10.2. The standard InChI is InChI=1S/C14H10N2/c1-15-14(16-2)10-8-13(9-11-14)12-6-4-3-5-7-12/h3-10H,11H2. The summed E-state index contributed by atoms with van der Waals surface area (Å²) in [6.07, 6.45) is 6.01. The molecule has 0 heterocycles. The summed E-state index contributed by atoms with van der Waals surface area (Å²) in [6.45, 7) is 14.1. The molecule has 1 aromatic rings. The van der Waals surface area contributed by atoms with Gasteiger partial charge >= 0.3 is 5.66 Å². The Morgan fingerprint density at radius 2 is 1.75 bits per heavy atom. The summed E-state index contributed by atoms with van der Waals surface area (Å²) >= 11 is 0. The molecule has 2 heteroatoms. The van der Waals surface area contributed by atoms with E-state index >= 15 is 0 Å². The lowest BCUT2D eigenvalue weighted by atomic mass is 9.94. The van der Waals surface area contributed by atoms with Crippen molar-refractivity contribution in [2.24, 2.45) is 0 Å². The Kier molecular flexibility index (Phi) is 2.58. The number of hydrogen-bond acceptors (Lipinski definition) is 0. The highest BCUT2D eigenvalue weighted by Crippen LogP contribution is 2.30. The van der Waals surface area contributed by atoms with Crippen molar-refractivity contribution in [2.75, 3.05) is 0 Å². The first-order chi connectivity index (χ1) is 7.79. The van der Waals surface area contributed by atoms with Gasteiger partial charge in [0.25, 0.3) is 0 Å². The minimum atomic E-state index is -1.00. The SMILES string of the molecule is [C-]#[N+]C1([N+]#[C-])C=CC(c2ccccc2)=CC1. The molecule has 0 saturated heterocycles. The first-order valence-corrected chi connectivity index (χ1v) is 5.02. The molecule has 0 bridgehead atoms. The fourth-order valence-corrected chi connectivity index (χ4v) is 1.65. The van der Waals surface area contributed by atoms with Gasteiger partial charge in [-0.3, -0.25) is 0 Å². The molecule has 0 atom stereocenters. The van der Waals surface area contributed by atoms with Gasteiger partial charge < -0.3 is 0 Å². The van der Waals surface area contributed by atoms with Crippen molar-refractivity contribution in [1.29, 1.82) is 0 Å². The maximum absolute atomic E-state index is 7.05. The number of hydrogen-bond donors (Lipinski definition) is 0. The Balaban J connectivity index is 2.28. The second kappa shape index (κ2) is 4.04. The Hall–Kier alpha value is -2.32. The van der Waals surface area contributed by atoms with E-state index in [0.717, 1.165) is 11.1 Å². The van der Waals surface area contributed by atoms with Crippen LogP contribution in [0.15, 0.2) is 48.6 Å². The molecule has 76 valence electrons. The van der Waals surface area contributed by atoms with Crippen LogP contribution in [0.3, 0.4) is 0 Å². The third kappa shape index (κ3) is 1.74. The molecule has 0 saturated carbocycles. The minimum Gasteiger partial charge on any atom is -0.226 e. The lowest BCUT2D eigenvalue weighted by Crippen LogP contribution is -2.17. The van der Waals surface area contributed by atoms with Crippen LogP contribution in [0.5, 0.6) is 0 Å². The largest absolute Gasteiger partial charge is 0.506 e. The smallest absolute Gasteiger partial charge is 0.226 e. The zero-order chi connectivity index (χ0) is 11.4. The minimum absolute atomic E-state index is 0.473. The topological polar surface area (TPSA) is 8.72 Å². The van der Waals surface area contributed by atoms with Crippen molar-refractivity contribution in [3.8, 4) is 0 Å². The third-order valence-electron chi connectivity index (χ3n) is 2.65. The highest BCUT2D eigenvalue weighted by Gasteiger charge is 2.40. The summed E-state index contributed by atoms with van der Waals surface area (Å²) in [5.74, 6) is 0. The van der Waals surface area contributed by atoms with Crippen LogP contribution in [0, 0.1) is 13.1 Å². The van der Waals surface area contributed by atoms with Gasteiger partial charge in [-0.25, -0.2) is 22.8 Å². The van der Waals surface area contributed by atoms with Crippen LogP contribution in [-0.4, -0.2) is 5.66 Å². The maximum Gasteiger partial charge on any atom is 0.506 e. The van der Waals surface area contributed by atoms with Crippen LogP contribution < -0.4 is 0 Å². The van der Waals surface area contributed by atoms with Crippen LogP contribution in [0.1, 0.15) is 12.0 Å². The number of allylic oxidation sites excluding steroid dienone is 2. The second-order valence-corrected chi connectivity index (χ2v) is 3.67. The van der Waals surface area contributed by atoms with Crippen molar-refractivity contribution < 1.29 is 0 Å². The van der Waals surface area contributed by atoms with Gasteiger partial charge in [0.1, 0.15) is 6.42 Å². The van der Waals surface area contributed by atoms with E-state index in [-0.39, 0.29) is 0 Å². The lowest BCUT2D eigenvalue weighted by molar-refractivity contribution is 0.767. The summed E-state index contributed by atoms with van der Waals surface area (Å²) in [4.78, 5) is 6.78. The molecule has 1 aromatic carbocycles. The molecule has 0 aromatic heterocycles. The maximum atomic E-state index is 7.05. The average molecular weight is 206 g/mol. The van der Waals surface area contributed by atoms with Crippen molar-refractivity contribution in [3.05, 3.63) is 77.0 Å². The first-order valence-electron chi connectivity index (χ1n) is 5.02. The fourth-order valence-electron chi connectivity index (χ4n) is 1.65. The summed E-state index contributed by atoms with van der Waals surface area (Å²) in [5, 5.41) is 0. The second-order valence-electron chi connectivity index (χ2n) is 3.67. The molecule has 0 spiro atoms. The van der Waals surface area contributed by atoms with Crippen molar-refractivity contribution in [2.45, 2.75) is 12.1 Å². The van der Waals surface area contributed by atoms with Crippen LogP contribution in [0.2, 0.25) is 0 Å². The molecular weight excluding hydrogens is 196 g/mol. The summed E-state index contributed by atoms with van der Waals surface area (Å²) < 4.78 is 0. The zero-order valence-electron chi connectivity index (χ0n) is 8.72. The monoisotopic (exact) mass is 206 g/mol. The summed E-state index contributed by atoms with van der Waals surface area (Å²) in [7, 11) is 0. The molecule has 1 aliphatic carbocycles. The molecule has 0 amide bonds. The predicted molar refractivity (Wildman–Crippen MR) is 64.1 cm³/mol. The molecular formula is C14H10N2. The van der Waals surface area contributed by atoms with E-state index in [1.807, 2.05) is 42.5 Å². The van der Waals surface area contributed by atoms with Crippen LogP contribution in [0.25, 0.3) is 15.3 Å². The molecule has 0 unspecified atom stereocenters. The van der Waals surface area contributed by atoms with Gasteiger partial charge in [-0.2, -0.15) is 0 Å². The third-order valence-corrected chi connectivity index (χ3v) is 2.65. The predicted octanol–water partition coefficient (Wildman–Crippen LogP) is 3.56. The fraction of sp³-hybridized carbons (Fsp3) is 0.143. The van der Waals surface area contributed by atoms with E-state index in [4.69, 9.17) is 13.1 Å². The zero-order valence-corrected chi connectivity index (χ0v) is 8.72. The number of benzene rings is 1. The molecule has 16 heavy (non-hydrogen) atoms. The lowest BCUT2D eigenvalue weighted by Gasteiger charge is -2.10. The van der Waals surface area contributed by atoms with Crippen LogP contribution >= 0.6 is 0 Å². The van der Waals surface area contributed by atoms with E-state index < -0.39 is 5.66 Å². The van der Waals surface area contributed by atoms with Crippen molar-refractivity contribution >= 4 is 5.57 Å². The number of nitrogens with zero attached hydrogens (tertiary/aromatic N) is 2. The number of rotatable bonds is 1. The summed E-state index contributed by atoms with van der Waals surface area (Å²) in [6, 6.07) is 9.99. The van der Waals surface area contributed by atoms with Crippen LogP contribution in [-0.2, 0) is 0 Å². The van der Waals surface area contributed by atoms with Gasteiger partial charge in [0.2, 0.25) is 0 Å². The Bertz CT molecular complexity index is 510. The Morgan fingerprint density at radius 3 is 2.25 bits per heavy atom. The van der Waals surface area contributed by atoms with Gasteiger partial charge in [-0.15, -0.1) is 0 Å². The molecule has 2 nitrogen and oxygen atoms in total. The highest BCUT2D eigenvalue weighted by molar-refractivity contribution is 5.75.